The highest BCUT2D eigenvalue weighted by molar-refractivity contribution is 7.15. The third-order valence-corrected chi connectivity index (χ3v) is 5.16. The number of carbonyl (C=O) groups excluding carboxylic acids is 1. The third kappa shape index (κ3) is 4.31. The van der Waals surface area contributed by atoms with E-state index < -0.39 is 0 Å². The number of aromatic nitrogens is 2. The molecule has 0 spiro atoms. The van der Waals surface area contributed by atoms with Crippen LogP contribution in [0.1, 0.15) is 31.4 Å². The molecule has 1 atom stereocenters. The van der Waals surface area contributed by atoms with E-state index in [1.807, 2.05) is 22.2 Å². The van der Waals surface area contributed by atoms with Gasteiger partial charge in [-0.3, -0.25) is 14.1 Å². The van der Waals surface area contributed by atoms with Crippen molar-refractivity contribution in [2.75, 3.05) is 26.2 Å². The summed E-state index contributed by atoms with van der Waals surface area (Å²) < 4.78 is 1.95. The molecule has 7 heteroatoms. The van der Waals surface area contributed by atoms with Crippen molar-refractivity contribution in [1.82, 2.24) is 19.6 Å². The van der Waals surface area contributed by atoms with Crippen LogP contribution in [-0.4, -0.2) is 57.6 Å². The largest absolute Gasteiger partial charge is 0.395 e. The Morgan fingerprint density at radius 2 is 2.39 bits per heavy atom. The van der Waals surface area contributed by atoms with Gasteiger partial charge in [0.1, 0.15) is 0 Å². The number of carbonyl (C=O) groups is 1. The van der Waals surface area contributed by atoms with Gasteiger partial charge in [0.2, 0.25) is 5.91 Å². The molecule has 23 heavy (non-hydrogen) atoms. The Morgan fingerprint density at radius 3 is 3.22 bits per heavy atom. The molecule has 1 unspecified atom stereocenters. The molecule has 1 aliphatic heterocycles. The lowest BCUT2D eigenvalue weighted by Gasteiger charge is -2.22. The van der Waals surface area contributed by atoms with Gasteiger partial charge in [-0.15, -0.1) is 11.3 Å². The van der Waals surface area contributed by atoms with Gasteiger partial charge >= 0.3 is 0 Å². The minimum atomic E-state index is 0.0326. The van der Waals surface area contributed by atoms with E-state index >= 15 is 0 Å². The molecule has 1 saturated heterocycles. The summed E-state index contributed by atoms with van der Waals surface area (Å²) in [6, 6.07) is 0.347. The quantitative estimate of drug-likeness (QED) is 0.713. The third-order valence-electron chi connectivity index (χ3n) is 4.39. The number of fused-ring (bicyclic) bond motifs is 1. The Morgan fingerprint density at radius 1 is 1.48 bits per heavy atom. The summed E-state index contributed by atoms with van der Waals surface area (Å²) in [6.07, 6.45) is 8.52. The number of thiazole rings is 1. The van der Waals surface area contributed by atoms with Crippen LogP contribution in [0, 0.1) is 0 Å². The number of aliphatic hydroxyl groups excluding tert-OH is 1. The van der Waals surface area contributed by atoms with Crippen molar-refractivity contribution in [3.05, 3.63) is 23.5 Å². The maximum absolute atomic E-state index is 11.9. The zero-order chi connectivity index (χ0) is 16.1. The fraction of sp³-hybridized carbons (Fsp3) is 0.625. The first kappa shape index (κ1) is 16.4. The van der Waals surface area contributed by atoms with Gasteiger partial charge in [-0.2, -0.15) is 0 Å². The van der Waals surface area contributed by atoms with Crippen LogP contribution in [0.4, 0.5) is 0 Å². The average Bonchev–Trinajstić information content (AvgIpc) is 3.22. The fourth-order valence-corrected chi connectivity index (χ4v) is 3.87. The van der Waals surface area contributed by atoms with Gasteiger partial charge in [-0.25, -0.2) is 4.98 Å². The van der Waals surface area contributed by atoms with Gasteiger partial charge in [0, 0.05) is 30.4 Å². The molecule has 3 rings (SSSR count). The number of hydrogen-bond acceptors (Lipinski definition) is 5. The van der Waals surface area contributed by atoms with Crippen LogP contribution in [0.5, 0.6) is 0 Å². The molecule has 2 N–H and O–H groups in total. The summed E-state index contributed by atoms with van der Waals surface area (Å²) in [4.78, 5) is 19.6. The van der Waals surface area contributed by atoms with Crippen molar-refractivity contribution in [3.8, 4) is 0 Å². The lowest BCUT2D eigenvalue weighted by molar-refractivity contribution is -0.120. The maximum atomic E-state index is 11.9. The number of unbranched alkanes of at least 4 members (excludes halogenated alkanes) is 1. The summed E-state index contributed by atoms with van der Waals surface area (Å²) in [7, 11) is 0. The average molecular weight is 336 g/mol. The van der Waals surface area contributed by atoms with E-state index in [2.05, 4.69) is 15.2 Å². The summed E-state index contributed by atoms with van der Waals surface area (Å²) in [5, 5.41) is 14.2. The number of imidazole rings is 1. The van der Waals surface area contributed by atoms with Crippen LogP contribution in [-0.2, 0) is 11.2 Å². The van der Waals surface area contributed by atoms with Crippen LogP contribution < -0.4 is 5.32 Å². The second-order valence-corrected chi connectivity index (χ2v) is 6.95. The standard InChI is InChI=1S/C16H24N4O2S/c21-12-14-4-3-7-19(14)6-2-1-5-17-15(22)10-13-11-20-8-9-23-16(20)18-13/h8-9,11,14,21H,1-7,10,12H2,(H,17,22). The van der Waals surface area contributed by atoms with Crippen LogP contribution in [0.2, 0.25) is 0 Å². The van der Waals surface area contributed by atoms with Gasteiger partial charge in [-0.1, -0.05) is 0 Å². The zero-order valence-corrected chi connectivity index (χ0v) is 14.1. The van der Waals surface area contributed by atoms with E-state index in [4.69, 9.17) is 0 Å². The van der Waals surface area contributed by atoms with Crippen LogP contribution >= 0.6 is 11.3 Å². The van der Waals surface area contributed by atoms with E-state index in [0.29, 0.717) is 19.0 Å². The minimum Gasteiger partial charge on any atom is -0.395 e. The Hall–Kier alpha value is -1.44. The first-order valence-corrected chi connectivity index (χ1v) is 9.17. The highest BCUT2D eigenvalue weighted by Crippen LogP contribution is 2.16. The number of likely N-dealkylation sites (tertiary alicyclic amines) is 1. The predicted molar refractivity (Wildman–Crippen MR) is 90.7 cm³/mol. The van der Waals surface area contributed by atoms with Crippen LogP contribution in [0.15, 0.2) is 17.8 Å². The second kappa shape index (κ2) is 7.90. The predicted octanol–water partition coefficient (Wildman–Crippen LogP) is 1.29. The lowest BCUT2D eigenvalue weighted by Crippen LogP contribution is -2.33. The molecule has 1 fully saturated rings. The molecule has 1 amide bonds. The topological polar surface area (TPSA) is 69.9 Å². The Balaban J connectivity index is 1.31. The van der Waals surface area contributed by atoms with Gasteiger partial charge < -0.3 is 10.4 Å². The van der Waals surface area contributed by atoms with E-state index in [1.54, 1.807) is 11.3 Å². The number of hydrogen-bond donors (Lipinski definition) is 2. The molecule has 3 heterocycles. The molecule has 0 bridgehead atoms. The smallest absolute Gasteiger partial charge is 0.226 e. The van der Waals surface area contributed by atoms with Crippen molar-refractivity contribution in [3.63, 3.8) is 0 Å². The molecule has 1 aliphatic rings. The van der Waals surface area contributed by atoms with Gasteiger partial charge in [0.25, 0.3) is 0 Å². The van der Waals surface area contributed by atoms with E-state index in [0.717, 1.165) is 43.0 Å². The SMILES string of the molecule is O=C(Cc1cn2ccsc2n1)NCCCCN1CCCC1CO. The number of rotatable bonds is 8. The lowest BCUT2D eigenvalue weighted by atomic mass is 10.2. The summed E-state index contributed by atoms with van der Waals surface area (Å²) in [5.41, 5.74) is 0.817. The van der Waals surface area contributed by atoms with Crippen LogP contribution in [0.25, 0.3) is 4.96 Å². The molecular formula is C16H24N4O2S. The summed E-state index contributed by atoms with van der Waals surface area (Å²) in [5.74, 6) is 0.0326. The molecule has 0 aromatic carbocycles. The molecule has 0 saturated carbocycles. The minimum absolute atomic E-state index is 0.0326. The monoisotopic (exact) mass is 336 g/mol. The molecular weight excluding hydrogens is 312 g/mol. The summed E-state index contributed by atoms with van der Waals surface area (Å²) in [6.45, 7) is 3.07. The van der Waals surface area contributed by atoms with E-state index in [1.165, 1.54) is 6.42 Å². The Kier molecular flexibility index (Phi) is 5.64. The van der Waals surface area contributed by atoms with E-state index in [-0.39, 0.29) is 12.5 Å². The number of nitrogens with one attached hydrogen (secondary N) is 1. The number of amides is 1. The van der Waals surface area contributed by atoms with Gasteiger partial charge in [-0.05, 0) is 38.8 Å². The van der Waals surface area contributed by atoms with Crippen molar-refractivity contribution in [2.24, 2.45) is 0 Å². The highest BCUT2D eigenvalue weighted by atomic mass is 32.1. The second-order valence-electron chi connectivity index (χ2n) is 6.07. The maximum Gasteiger partial charge on any atom is 0.226 e. The summed E-state index contributed by atoms with van der Waals surface area (Å²) >= 11 is 1.57. The fourth-order valence-electron chi connectivity index (χ4n) is 3.15. The molecule has 126 valence electrons. The van der Waals surface area contributed by atoms with Crippen molar-refractivity contribution in [1.29, 1.82) is 0 Å². The first-order chi connectivity index (χ1) is 11.3. The van der Waals surface area contributed by atoms with E-state index in [9.17, 15) is 9.90 Å². The molecule has 2 aromatic rings. The van der Waals surface area contributed by atoms with Crippen LogP contribution in [0.3, 0.4) is 0 Å². The molecule has 2 aromatic heterocycles. The molecule has 0 radical (unpaired) electrons. The Bertz CT molecular complexity index is 610. The van der Waals surface area contributed by atoms with Gasteiger partial charge in [0.15, 0.2) is 4.96 Å². The Labute approximate surface area is 140 Å². The van der Waals surface area contributed by atoms with Crippen molar-refractivity contribution < 1.29 is 9.90 Å². The van der Waals surface area contributed by atoms with Gasteiger partial charge in [0.05, 0.1) is 18.7 Å². The number of nitrogens with zero attached hydrogens (tertiary/aromatic N) is 3. The highest BCUT2D eigenvalue weighted by Gasteiger charge is 2.22. The normalized spacial score (nSPS) is 18.7. The van der Waals surface area contributed by atoms with Crippen molar-refractivity contribution in [2.45, 2.75) is 38.1 Å². The van der Waals surface area contributed by atoms with Crippen molar-refractivity contribution >= 4 is 22.2 Å². The number of aliphatic hydroxyl groups is 1. The molecule has 0 aliphatic carbocycles. The first-order valence-electron chi connectivity index (χ1n) is 8.29. The zero-order valence-electron chi connectivity index (χ0n) is 13.3. The molecule has 6 nitrogen and oxygen atoms in total.